The Hall–Kier alpha value is -1.06. The minimum atomic E-state index is -0.335. The first kappa shape index (κ1) is 17.8. The average Bonchev–Trinajstić information content (AvgIpc) is 2.99. The summed E-state index contributed by atoms with van der Waals surface area (Å²) in [6, 6.07) is 0.408. The van der Waals surface area contributed by atoms with E-state index < -0.39 is 0 Å². The van der Waals surface area contributed by atoms with E-state index in [1.54, 1.807) is 0 Å². The number of morpholine rings is 1. The number of β-amino-alcohol motifs (C(OH)–C–C–N with tert-alkyl or cyclic N) is 1. The van der Waals surface area contributed by atoms with Gasteiger partial charge >= 0.3 is 0 Å². The van der Waals surface area contributed by atoms with Crippen LogP contribution < -0.4 is 5.32 Å². The van der Waals surface area contributed by atoms with Gasteiger partial charge in [0.2, 0.25) is 5.89 Å². The SMILES string of the molecule is Cc1nc(CN2CCC[C@H](NC[C@@H](O)CN3CCOCC3)C2)no1. The first-order chi connectivity index (χ1) is 11.7. The molecule has 136 valence electrons. The first-order valence-electron chi connectivity index (χ1n) is 8.92. The molecule has 8 heteroatoms. The number of rotatable bonds is 7. The van der Waals surface area contributed by atoms with Crippen LogP contribution in [0.15, 0.2) is 4.52 Å². The van der Waals surface area contributed by atoms with Gasteiger partial charge in [-0.05, 0) is 19.4 Å². The molecule has 2 N–H and O–H groups in total. The van der Waals surface area contributed by atoms with Crippen molar-refractivity contribution in [3.8, 4) is 0 Å². The summed E-state index contributed by atoms with van der Waals surface area (Å²) in [4.78, 5) is 8.89. The zero-order chi connectivity index (χ0) is 16.8. The zero-order valence-electron chi connectivity index (χ0n) is 14.5. The fourth-order valence-electron chi connectivity index (χ4n) is 3.42. The molecular formula is C16H29N5O3. The van der Waals surface area contributed by atoms with Gasteiger partial charge in [-0.2, -0.15) is 4.98 Å². The van der Waals surface area contributed by atoms with E-state index in [1.807, 2.05) is 6.92 Å². The number of hydrogen-bond donors (Lipinski definition) is 2. The molecular weight excluding hydrogens is 310 g/mol. The van der Waals surface area contributed by atoms with E-state index >= 15 is 0 Å². The predicted molar refractivity (Wildman–Crippen MR) is 88.6 cm³/mol. The molecule has 2 aliphatic heterocycles. The Morgan fingerprint density at radius 1 is 1.29 bits per heavy atom. The van der Waals surface area contributed by atoms with Crippen LogP contribution in [0, 0.1) is 6.92 Å². The number of aliphatic hydroxyl groups is 1. The lowest BCUT2D eigenvalue weighted by Crippen LogP contribution is -2.49. The Bertz CT molecular complexity index is 492. The van der Waals surface area contributed by atoms with Crippen LogP contribution in [0.3, 0.4) is 0 Å². The highest BCUT2D eigenvalue weighted by Gasteiger charge is 2.22. The third-order valence-electron chi connectivity index (χ3n) is 4.65. The van der Waals surface area contributed by atoms with E-state index in [-0.39, 0.29) is 6.10 Å². The number of likely N-dealkylation sites (tertiary alicyclic amines) is 1. The van der Waals surface area contributed by atoms with E-state index in [1.165, 1.54) is 0 Å². The summed E-state index contributed by atoms with van der Waals surface area (Å²) in [5, 5.41) is 17.7. The molecule has 0 aliphatic carbocycles. The molecule has 0 aromatic carbocycles. The summed E-state index contributed by atoms with van der Waals surface area (Å²) in [6.07, 6.45) is 1.96. The minimum Gasteiger partial charge on any atom is -0.390 e. The van der Waals surface area contributed by atoms with Crippen molar-refractivity contribution in [2.24, 2.45) is 0 Å². The van der Waals surface area contributed by atoms with Crippen molar-refractivity contribution in [1.29, 1.82) is 0 Å². The molecule has 2 aliphatic rings. The largest absolute Gasteiger partial charge is 0.390 e. The van der Waals surface area contributed by atoms with Gasteiger partial charge < -0.3 is 19.7 Å². The van der Waals surface area contributed by atoms with Crippen molar-refractivity contribution in [3.63, 3.8) is 0 Å². The highest BCUT2D eigenvalue weighted by atomic mass is 16.5. The second-order valence-corrected chi connectivity index (χ2v) is 6.78. The summed E-state index contributed by atoms with van der Waals surface area (Å²) >= 11 is 0. The second kappa shape index (κ2) is 8.87. The molecule has 0 radical (unpaired) electrons. The number of nitrogens with one attached hydrogen (secondary N) is 1. The predicted octanol–water partition coefficient (Wildman–Crippen LogP) is -0.375. The van der Waals surface area contributed by atoms with Crippen molar-refractivity contribution < 1.29 is 14.4 Å². The molecule has 0 saturated carbocycles. The summed E-state index contributed by atoms with van der Waals surface area (Å²) < 4.78 is 10.4. The average molecular weight is 339 g/mol. The van der Waals surface area contributed by atoms with Crippen LogP contribution in [0.1, 0.15) is 24.6 Å². The van der Waals surface area contributed by atoms with Crippen molar-refractivity contribution >= 4 is 0 Å². The lowest BCUT2D eigenvalue weighted by atomic mass is 10.1. The summed E-state index contributed by atoms with van der Waals surface area (Å²) in [5.41, 5.74) is 0. The Kier molecular flexibility index (Phi) is 6.56. The van der Waals surface area contributed by atoms with Gasteiger partial charge in [0.05, 0.1) is 25.9 Å². The van der Waals surface area contributed by atoms with Crippen LogP contribution in [-0.4, -0.2) is 89.7 Å². The number of aromatic nitrogens is 2. The number of aliphatic hydroxyl groups excluding tert-OH is 1. The van der Waals surface area contributed by atoms with Gasteiger partial charge in [-0.25, -0.2) is 0 Å². The maximum Gasteiger partial charge on any atom is 0.223 e. The first-order valence-corrected chi connectivity index (χ1v) is 8.92. The van der Waals surface area contributed by atoms with E-state index in [4.69, 9.17) is 9.26 Å². The highest BCUT2D eigenvalue weighted by Crippen LogP contribution is 2.12. The second-order valence-electron chi connectivity index (χ2n) is 6.78. The number of hydrogen-bond acceptors (Lipinski definition) is 8. The van der Waals surface area contributed by atoms with Crippen LogP contribution in [0.4, 0.5) is 0 Å². The number of piperidine rings is 1. The molecule has 2 fully saturated rings. The summed E-state index contributed by atoms with van der Waals surface area (Å²) in [7, 11) is 0. The molecule has 3 heterocycles. The molecule has 0 unspecified atom stereocenters. The van der Waals surface area contributed by atoms with E-state index in [9.17, 15) is 5.11 Å². The van der Waals surface area contributed by atoms with Crippen molar-refractivity contribution in [1.82, 2.24) is 25.3 Å². The fourth-order valence-corrected chi connectivity index (χ4v) is 3.42. The smallest absolute Gasteiger partial charge is 0.223 e. The number of ether oxygens (including phenoxy) is 1. The van der Waals surface area contributed by atoms with Crippen LogP contribution in [0.2, 0.25) is 0 Å². The Labute approximate surface area is 143 Å². The topological polar surface area (TPSA) is 86.9 Å². The molecule has 8 nitrogen and oxygen atoms in total. The van der Waals surface area contributed by atoms with E-state index in [0.29, 0.717) is 18.5 Å². The molecule has 0 bridgehead atoms. The molecule has 2 atom stereocenters. The monoisotopic (exact) mass is 339 g/mol. The molecule has 24 heavy (non-hydrogen) atoms. The Morgan fingerprint density at radius 2 is 2.12 bits per heavy atom. The number of aryl methyl sites for hydroxylation is 1. The zero-order valence-corrected chi connectivity index (χ0v) is 14.5. The van der Waals surface area contributed by atoms with Crippen LogP contribution in [0.5, 0.6) is 0 Å². The molecule has 1 aromatic heterocycles. The van der Waals surface area contributed by atoms with E-state index in [2.05, 4.69) is 25.3 Å². The maximum atomic E-state index is 10.2. The van der Waals surface area contributed by atoms with Gasteiger partial charge in [0.15, 0.2) is 5.82 Å². The minimum absolute atomic E-state index is 0.335. The van der Waals surface area contributed by atoms with Crippen LogP contribution in [0.25, 0.3) is 0 Å². The lowest BCUT2D eigenvalue weighted by Gasteiger charge is -2.33. The quantitative estimate of drug-likeness (QED) is 0.696. The van der Waals surface area contributed by atoms with E-state index in [0.717, 1.165) is 71.1 Å². The summed E-state index contributed by atoms with van der Waals surface area (Å²) in [6.45, 7) is 9.28. The molecule has 1 aromatic rings. The third kappa shape index (κ3) is 5.49. The molecule has 3 rings (SSSR count). The molecule has 0 spiro atoms. The normalized spacial score (nSPS) is 25.0. The van der Waals surface area contributed by atoms with Gasteiger partial charge in [-0.1, -0.05) is 5.16 Å². The highest BCUT2D eigenvalue weighted by molar-refractivity contribution is 4.87. The molecule has 0 amide bonds. The van der Waals surface area contributed by atoms with Crippen molar-refractivity contribution in [2.75, 3.05) is 52.5 Å². The van der Waals surface area contributed by atoms with Gasteiger partial charge in [0, 0.05) is 45.7 Å². The van der Waals surface area contributed by atoms with Gasteiger partial charge in [0.25, 0.3) is 0 Å². The number of nitrogens with zero attached hydrogens (tertiary/aromatic N) is 4. The third-order valence-corrected chi connectivity index (χ3v) is 4.65. The Morgan fingerprint density at radius 3 is 2.88 bits per heavy atom. The molecule has 2 saturated heterocycles. The van der Waals surface area contributed by atoms with Crippen molar-refractivity contribution in [2.45, 2.75) is 38.5 Å². The van der Waals surface area contributed by atoms with Crippen LogP contribution >= 0.6 is 0 Å². The maximum absolute atomic E-state index is 10.2. The fraction of sp³-hybridized carbons (Fsp3) is 0.875. The van der Waals surface area contributed by atoms with Crippen molar-refractivity contribution in [3.05, 3.63) is 11.7 Å². The van der Waals surface area contributed by atoms with Gasteiger partial charge in [0.1, 0.15) is 0 Å². The lowest BCUT2D eigenvalue weighted by molar-refractivity contribution is 0.0139. The Balaban J connectivity index is 1.37. The van der Waals surface area contributed by atoms with Crippen LogP contribution in [-0.2, 0) is 11.3 Å². The van der Waals surface area contributed by atoms with Gasteiger partial charge in [-0.3, -0.25) is 9.80 Å². The summed E-state index contributed by atoms with van der Waals surface area (Å²) in [5.74, 6) is 1.36. The van der Waals surface area contributed by atoms with Gasteiger partial charge in [-0.15, -0.1) is 0 Å². The standard InChI is InChI=1S/C16H29N5O3/c1-13-18-16(19-24-13)12-21-4-2-3-14(10-21)17-9-15(22)11-20-5-7-23-8-6-20/h14-15,17,22H,2-12H2,1H3/t14-,15+/m0/s1.